The van der Waals surface area contributed by atoms with Gasteiger partial charge in [-0.1, -0.05) is 6.07 Å². The summed E-state index contributed by atoms with van der Waals surface area (Å²) >= 11 is 0. The Morgan fingerprint density at radius 2 is 1.79 bits per heavy atom. The Morgan fingerprint density at radius 3 is 2.00 bits per heavy atom. The van der Waals surface area contributed by atoms with E-state index >= 15 is 0 Å². The van der Waals surface area contributed by atoms with Crippen LogP contribution in [0.25, 0.3) is 0 Å². The van der Waals surface area contributed by atoms with Gasteiger partial charge >= 0.3 is 26.2 Å². The SMILES string of the molecule is [C-]1=CC=CC1.[CH2-]c1ccccc1.[CH3-].[Zr+3]. The molecule has 0 nitrogen and oxygen atoms in total. The smallest absolute Gasteiger partial charge is 0.358 e. The molecule has 0 N–H and O–H groups in total. The molecule has 0 saturated heterocycles. The van der Waals surface area contributed by atoms with Gasteiger partial charge in [-0.15, -0.1) is 18.6 Å². The molecule has 0 atom stereocenters. The minimum atomic E-state index is 0. The first-order valence-electron chi connectivity index (χ1n) is 3.98. The molecule has 0 bridgehead atoms. The molecule has 0 unspecified atom stereocenters. The first-order chi connectivity index (χ1) is 5.89. The van der Waals surface area contributed by atoms with Crippen molar-refractivity contribution in [2.75, 3.05) is 0 Å². The number of hydrogen-bond donors (Lipinski definition) is 0. The average molecular weight is 262 g/mol. The molecule has 1 aromatic rings. The van der Waals surface area contributed by atoms with Crippen molar-refractivity contribution < 1.29 is 26.2 Å². The van der Waals surface area contributed by atoms with Gasteiger partial charge in [0.1, 0.15) is 0 Å². The van der Waals surface area contributed by atoms with Crippen LogP contribution in [-0.4, -0.2) is 0 Å². The Bertz CT molecular complexity index is 250. The van der Waals surface area contributed by atoms with Crippen molar-refractivity contribution in [3.05, 3.63) is 74.5 Å². The summed E-state index contributed by atoms with van der Waals surface area (Å²) in [6, 6.07) is 9.87. The predicted molar refractivity (Wildman–Crippen MR) is 58.9 cm³/mol. The molecule has 0 spiro atoms. The predicted octanol–water partition coefficient (Wildman–Crippen LogP) is 3.62. The minimum Gasteiger partial charge on any atom is -0.358 e. The summed E-state index contributed by atoms with van der Waals surface area (Å²) in [4.78, 5) is 0. The molecule has 1 aromatic carbocycles. The van der Waals surface area contributed by atoms with Crippen LogP contribution in [0.1, 0.15) is 12.0 Å². The summed E-state index contributed by atoms with van der Waals surface area (Å²) in [7, 11) is 0. The molecule has 0 aliphatic heterocycles. The average Bonchev–Trinajstić information content (AvgIpc) is 2.62. The van der Waals surface area contributed by atoms with E-state index in [-0.39, 0.29) is 33.6 Å². The Labute approximate surface area is 107 Å². The van der Waals surface area contributed by atoms with Gasteiger partial charge < -0.3 is 7.43 Å². The summed E-state index contributed by atoms with van der Waals surface area (Å²) in [6.45, 7) is 3.72. The van der Waals surface area contributed by atoms with E-state index < -0.39 is 0 Å². The van der Waals surface area contributed by atoms with E-state index in [0.717, 1.165) is 12.0 Å². The van der Waals surface area contributed by atoms with Crippen molar-refractivity contribution in [2.45, 2.75) is 6.42 Å². The fraction of sp³-hybridized carbons (Fsp3) is 0.0769. The van der Waals surface area contributed by atoms with Crippen LogP contribution >= 0.6 is 0 Å². The number of hydrogen-bond acceptors (Lipinski definition) is 0. The van der Waals surface area contributed by atoms with E-state index in [2.05, 4.69) is 19.1 Å². The van der Waals surface area contributed by atoms with Crippen LogP contribution < -0.4 is 0 Å². The van der Waals surface area contributed by atoms with Crippen LogP contribution in [0.4, 0.5) is 0 Å². The first kappa shape index (κ1) is 15.9. The van der Waals surface area contributed by atoms with Gasteiger partial charge in [0.15, 0.2) is 0 Å². The summed E-state index contributed by atoms with van der Waals surface area (Å²) in [5.41, 5.74) is 1.07. The third-order valence-corrected chi connectivity index (χ3v) is 1.43. The topological polar surface area (TPSA) is 0 Å². The van der Waals surface area contributed by atoms with Gasteiger partial charge in [0.2, 0.25) is 0 Å². The van der Waals surface area contributed by atoms with Crippen LogP contribution in [0.5, 0.6) is 0 Å². The zero-order valence-electron chi connectivity index (χ0n) is 8.53. The zero-order chi connectivity index (χ0) is 8.65. The summed E-state index contributed by atoms with van der Waals surface area (Å²) in [5, 5.41) is 0. The molecule has 0 amide bonds. The Hall–Kier alpha value is -0.547. The van der Waals surface area contributed by atoms with Gasteiger partial charge in [-0.05, 0) is 0 Å². The van der Waals surface area contributed by atoms with E-state index in [1.165, 1.54) is 0 Å². The maximum absolute atomic E-state index is 3.72. The fourth-order valence-corrected chi connectivity index (χ4v) is 0.818. The molecule has 1 aliphatic rings. The molecule has 1 aliphatic carbocycles. The van der Waals surface area contributed by atoms with Gasteiger partial charge in [0.05, 0.1) is 0 Å². The molecule has 0 saturated carbocycles. The zero-order valence-corrected chi connectivity index (χ0v) is 11.0. The second-order valence-electron chi connectivity index (χ2n) is 2.49. The van der Waals surface area contributed by atoms with Gasteiger partial charge in [-0.25, -0.2) is 12.2 Å². The largest absolute Gasteiger partial charge is 3.00 e. The molecule has 1 radical (unpaired) electrons. The van der Waals surface area contributed by atoms with Gasteiger partial charge in [0.25, 0.3) is 0 Å². The number of benzene rings is 1. The van der Waals surface area contributed by atoms with Crippen LogP contribution in [0.3, 0.4) is 0 Å². The monoisotopic (exact) mass is 261 g/mol. The van der Waals surface area contributed by atoms with E-state index in [9.17, 15) is 0 Å². The molecule has 2 rings (SSSR count). The van der Waals surface area contributed by atoms with Gasteiger partial charge in [-0.3, -0.25) is 6.08 Å². The number of allylic oxidation sites excluding steroid dienone is 4. The normalized spacial score (nSPS) is 10.6. The number of rotatable bonds is 0. The standard InChI is InChI=1S/C7H7.C5H5.CH3.Zr/c1-7-5-3-2-4-6-7;1-2-4-5-3-1;;/h2-6H,1H2;1-3H,4H2;1H3;/q3*-1;+3. The quantitative estimate of drug-likeness (QED) is 0.627. The second-order valence-corrected chi connectivity index (χ2v) is 2.49. The first-order valence-corrected chi connectivity index (χ1v) is 3.98. The summed E-state index contributed by atoms with van der Waals surface area (Å²) in [6.07, 6.45) is 10.0. The van der Waals surface area contributed by atoms with Crippen molar-refractivity contribution in [1.82, 2.24) is 0 Å². The molecular formula is C13H15Zr. The van der Waals surface area contributed by atoms with Gasteiger partial charge in [-0.2, -0.15) is 30.7 Å². The van der Waals surface area contributed by atoms with Crippen molar-refractivity contribution in [1.29, 1.82) is 0 Å². The van der Waals surface area contributed by atoms with Crippen molar-refractivity contribution in [2.24, 2.45) is 0 Å². The van der Waals surface area contributed by atoms with E-state index in [0.29, 0.717) is 0 Å². The molecule has 71 valence electrons. The van der Waals surface area contributed by atoms with Gasteiger partial charge in [0, 0.05) is 0 Å². The molecule has 14 heavy (non-hydrogen) atoms. The summed E-state index contributed by atoms with van der Waals surface area (Å²) in [5.74, 6) is 0. The molecule has 1 heteroatoms. The molecule has 0 fully saturated rings. The van der Waals surface area contributed by atoms with Crippen LogP contribution in [-0.2, 0) is 26.2 Å². The van der Waals surface area contributed by atoms with Crippen molar-refractivity contribution in [3.8, 4) is 0 Å². The maximum Gasteiger partial charge on any atom is 3.00 e. The molecule has 0 heterocycles. The summed E-state index contributed by atoms with van der Waals surface area (Å²) < 4.78 is 0. The Morgan fingerprint density at radius 1 is 1.14 bits per heavy atom. The van der Waals surface area contributed by atoms with Crippen LogP contribution in [0.2, 0.25) is 0 Å². The second kappa shape index (κ2) is 10.5. The van der Waals surface area contributed by atoms with E-state index in [1.807, 2.05) is 42.5 Å². The Balaban J connectivity index is 0. The fourth-order valence-electron chi connectivity index (χ4n) is 0.818. The third kappa shape index (κ3) is 8.07. The van der Waals surface area contributed by atoms with E-state index in [1.54, 1.807) is 0 Å². The van der Waals surface area contributed by atoms with Crippen molar-refractivity contribution in [3.63, 3.8) is 0 Å². The maximum atomic E-state index is 3.72. The third-order valence-electron chi connectivity index (χ3n) is 1.43. The minimum absolute atomic E-state index is 0. The molecule has 0 aromatic heterocycles. The van der Waals surface area contributed by atoms with Crippen LogP contribution in [0, 0.1) is 20.4 Å². The van der Waals surface area contributed by atoms with Crippen molar-refractivity contribution >= 4 is 0 Å². The van der Waals surface area contributed by atoms with E-state index in [4.69, 9.17) is 0 Å². The molecular weight excluding hydrogens is 247 g/mol. The Kier molecular flexibility index (Phi) is 12.0. The van der Waals surface area contributed by atoms with Crippen LogP contribution in [0.15, 0.2) is 48.6 Å².